The van der Waals surface area contributed by atoms with Gasteiger partial charge in [-0.15, -0.1) is 0 Å². The topological polar surface area (TPSA) is 58.4 Å². The third-order valence-corrected chi connectivity index (χ3v) is 3.38. The largest absolute Gasteiger partial charge is 0.335 e. The van der Waals surface area contributed by atoms with E-state index in [1.807, 2.05) is 23.1 Å². The quantitative estimate of drug-likeness (QED) is 0.458. The van der Waals surface area contributed by atoms with E-state index in [2.05, 4.69) is 31.9 Å². The molecule has 1 heterocycles. The number of nitrogens with zero attached hydrogens (tertiary/aromatic N) is 1. The molecule has 1 aromatic carbocycles. The Bertz CT molecular complexity index is 479. The number of allylic oxidation sites excluding steroid dienone is 1. The number of hydrazine groups is 1. The molecule has 1 amide bonds. The molecule has 1 aliphatic rings. The summed E-state index contributed by atoms with van der Waals surface area (Å²) < 4.78 is 0. The second-order valence-corrected chi connectivity index (χ2v) is 4.74. The number of carbonyl (C=O) groups is 1. The highest BCUT2D eigenvalue weighted by Crippen LogP contribution is 2.46. The van der Waals surface area contributed by atoms with E-state index in [4.69, 9.17) is 5.84 Å². The lowest BCUT2D eigenvalue weighted by Gasteiger charge is -2.25. The predicted molar refractivity (Wildman–Crippen MR) is 68.3 cm³/mol. The summed E-state index contributed by atoms with van der Waals surface area (Å²) in [5.41, 5.74) is 5.14. The molecule has 0 saturated carbocycles. The number of benzene rings is 1. The molecule has 2 rings (SSSR count). The van der Waals surface area contributed by atoms with Gasteiger partial charge in [0.25, 0.3) is 5.91 Å². The number of nitrogens with two attached hydrogens (primary N) is 1. The van der Waals surface area contributed by atoms with Crippen LogP contribution >= 0.6 is 0 Å². The summed E-state index contributed by atoms with van der Waals surface area (Å²) in [4.78, 5) is 13.3. The molecule has 0 saturated heterocycles. The molecule has 0 atom stereocenters. The van der Waals surface area contributed by atoms with E-state index in [9.17, 15) is 4.79 Å². The zero-order valence-electron chi connectivity index (χ0n) is 10.2. The summed E-state index contributed by atoms with van der Waals surface area (Å²) in [6.07, 6.45) is 0. The number of fused-ring (bicyclic) bond motifs is 1. The van der Waals surface area contributed by atoms with Gasteiger partial charge in [-0.1, -0.05) is 38.6 Å². The first kappa shape index (κ1) is 11.7. The van der Waals surface area contributed by atoms with Crippen LogP contribution in [0, 0.1) is 0 Å². The molecule has 0 fully saturated rings. The van der Waals surface area contributed by atoms with Crippen LogP contribution in [0.3, 0.4) is 0 Å². The first-order chi connectivity index (χ1) is 7.98. The second-order valence-electron chi connectivity index (χ2n) is 4.74. The Morgan fingerprint density at radius 3 is 2.76 bits per heavy atom. The highest BCUT2D eigenvalue weighted by Gasteiger charge is 2.39. The minimum absolute atomic E-state index is 0.147. The van der Waals surface area contributed by atoms with Gasteiger partial charge < -0.3 is 4.90 Å². The van der Waals surface area contributed by atoms with E-state index >= 15 is 0 Å². The maximum Gasteiger partial charge on any atom is 0.253 e. The molecule has 90 valence electrons. The summed E-state index contributed by atoms with van der Waals surface area (Å²) in [7, 11) is 0. The molecule has 0 aromatic heterocycles. The smallest absolute Gasteiger partial charge is 0.253 e. The van der Waals surface area contributed by atoms with Gasteiger partial charge in [0.15, 0.2) is 0 Å². The van der Waals surface area contributed by atoms with E-state index in [0.29, 0.717) is 0 Å². The lowest BCUT2D eigenvalue weighted by atomic mass is 9.84. The number of nitrogens with one attached hydrogen (secondary N) is 1. The standard InChI is InChI=1S/C13H17N3O/c1-9-13(2,3)10-6-4-5-7-11(10)16(9)8-12(17)15-14/h4-7H,1,8,14H2,2-3H3,(H,15,17). The van der Waals surface area contributed by atoms with E-state index in [1.165, 1.54) is 5.56 Å². The SMILES string of the molecule is C=C1N(CC(=O)NN)c2ccccc2C1(C)C. The molecular weight excluding hydrogens is 214 g/mol. The van der Waals surface area contributed by atoms with Crippen LogP contribution in [0.5, 0.6) is 0 Å². The van der Waals surface area contributed by atoms with Crippen LogP contribution in [0.2, 0.25) is 0 Å². The fourth-order valence-electron chi connectivity index (χ4n) is 2.25. The van der Waals surface area contributed by atoms with Gasteiger partial charge in [0.2, 0.25) is 0 Å². The third kappa shape index (κ3) is 1.70. The number of rotatable bonds is 2. The highest BCUT2D eigenvalue weighted by atomic mass is 16.2. The normalized spacial score (nSPS) is 16.9. The van der Waals surface area contributed by atoms with Crippen LogP contribution in [-0.2, 0) is 10.2 Å². The monoisotopic (exact) mass is 231 g/mol. The number of para-hydroxylation sites is 1. The zero-order valence-corrected chi connectivity index (χ0v) is 10.2. The summed E-state index contributed by atoms with van der Waals surface area (Å²) in [6.45, 7) is 8.51. The maximum absolute atomic E-state index is 11.4. The first-order valence-electron chi connectivity index (χ1n) is 5.54. The fraction of sp³-hybridized carbons (Fsp3) is 0.308. The Labute approximate surface area is 101 Å². The second kappa shape index (κ2) is 3.89. The summed E-state index contributed by atoms with van der Waals surface area (Å²) in [5.74, 6) is 4.90. The molecule has 0 spiro atoms. The summed E-state index contributed by atoms with van der Waals surface area (Å²) in [6, 6.07) is 8.03. The summed E-state index contributed by atoms with van der Waals surface area (Å²) >= 11 is 0. The number of carbonyl (C=O) groups excluding carboxylic acids is 1. The van der Waals surface area contributed by atoms with E-state index in [-0.39, 0.29) is 17.9 Å². The lowest BCUT2D eigenvalue weighted by molar-refractivity contribution is -0.119. The predicted octanol–water partition coefficient (Wildman–Crippen LogP) is 1.29. The number of anilines is 1. The molecule has 3 N–H and O–H groups in total. The van der Waals surface area contributed by atoms with Crippen LogP contribution in [0.15, 0.2) is 36.5 Å². The van der Waals surface area contributed by atoms with E-state index in [0.717, 1.165) is 11.4 Å². The van der Waals surface area contributed by atoms with Gasteiger partial charge in [-0.2, -0.15) is 0 Å². The maximum atomic E-state index is 11.4. The molecule has 1 aliphatic heterocycles. The van der Waals surface area contributed by atoms with Gasteiger partial charge in [0.1, 0.15) is 6.54 Å². The van der Waals surface area contributed by atoms with Crippen LogP contribution < -0.4 is 16.2 Å². The van der Waals surface area contributed by atoms with E-state index < -0.39 is 0 Å². The number of hydrogen-bond acceptors (Lipinski definition) is 3. The molecule has 0 unspecified atom stereocenters. The van der Waals surface area contributed by atoms with Crippen molar-refractivity contribution in [3.05, 3.63) is 42.1 Å². The van der Waals surface area contributed by atoms with Crippen molar-refractivity contribution in [2.24, 2.45) is 5.84 Å². The molecular formula is C13H17N3O. The average molecular weight is 231 g/mol. The Hall–Kier alpha value is -1.81. The van der Waals surface area contributed by atoms with Crippen molar-refractivity contribution < 1.29 is 4.79 Å². The molecule has 0 radical (unpaired) electrons. The fourth-order valence-corrected chi connectivity index (χ4v) is 2.25. The molecule has 0 bridgehead atoms. The molecule has 4 heteroatoms. The molecule has 4 nitrogen and oxygen atoms in total. The lowest BCUT2D eigenvalue weighted by Crippen LogP contribution is -2.40. The van der Waals surface area contributed by atoms with Crippen molar-refractivity contribution in [1.82, 2.24) is 5.43 Å². The molecule has 1 aromatic rings. The number of amides is 1. The minimum Gasteiger partial charge on any atom is -0.335 e. The average Bonchev–Trinajstić information content (AvgIpc) is 2.51. The van der Waals surface area contributed by atoms with Gasteiger partial charge in [0.05, 0.1) is 0 Å². The van der Waals surface area contributed by atoms with Crippen LogP contribution in [0.25, 0.3) is 0 Å². The highest BCUT2D eigenvalue weighted by molar-refractivity contribution is 5.84. The van der Waals surface area contributed by atoms with Gasteiger partial charge in [0, 0.05) is 16.8 Å². The van der Waals surface area contributed by atoms with Gasteiger partial charge in [-0.3, -0.25) is 10.2 Å². The Balaban J connectivity index is 2.43. The molecule has 0 aliphatic carbocycles. The third-order valence-electron chi connectivity index (χ3n) is 3.38. The van der Waals surface area contributed by atoms with Crippen LogP contribution in [0.4, 0.5) is 5.69 Å². The van der Waals surface area contributed by atoms with Gasteiger partial charge in [-0.05, 0) is 11.6 Å². The van der Waals surface area contributed by atoms with Crippen molar-refractivity contribution in [2.45, 2.75) is 19.3 Å². The van der Waals surface area contributed by atoms with Crippen molar-refractivity contribution in [1.29, 1.82) is 0 Å². The Kier molecular flexibility index (Phi) is 2.67. The van der Waals surface area contributed by atoms with E-state index in [1.54, 1.807) is 0 Å². The molecule has 17 heavy (non-hydrogen) atoms. The van der Waals surface area contributed by atoms with Crippen molar-refractivity contribution in [3.8, 4) is 0 Å². The zero-order chi connectivity index (χ0) is 12.6. The van der Waals surface area contributed by atoms with Crippen LogP contribution in [0.1, 0.15) is 19.4 Å². The van der Waals surface area contributed by atoms with Gasteiger partial charge >= 0.3 is 0 Å². The minimum atomic E-state index is -0.223. The Morgan fingerprint density at radius 1 is 1.47 bits per heavy atom. The van der Waals surface area contributed by atoms with Crippen molar-refractivity contribution in [3.63, 3.8) is 0 Å². The first-order valence-corrected chi connectivity index (χ1v) is 5.54. The summed E-state index contributed by atoms with van der Waals surface area (Å²) in [5, 5.41) is 0. The van der Waals surface area contributed by atoms with Gasteiger partial charge in [-0.25, -0.2) is 5.84 Å². The van der Waals surface area contributed by atoms with Crippen molar-refractivity contribution >= 4 is 11.6 Å². The van der Waals surface area contributed by atoms with Crippen LogP contribution in [-0.4, -0.2) is 12.5 Å². The Morgan fingerprint density at radius 2 is 2.12 bits per heavy atom. The van der Waals surface area contributed by atoms with Crippen molar-refractivity contribution in [2.75, 3.05) is 11.4 Å². The number of hydrogen-bond donors (Lipinski definition) is 2.